The summed E-state index contributed by atoms with van der Waals surface area (Å²) in [6, 6.07) is -1.09. The van der Waals surface area contributed by atoms with Crippen LogP contribution in [0.4, 0.5) is 0 Å². The molecule has 0 aromatic heterocycles. The highest BCUT2D eigenvalue weighted by molar-refractivity contribution is 8.03. The van der Waals surface area contributed by atoms with Crippen molar-refractivity contribution < 1.29 is 24.3 Å². The number of thioether (sulfide) groups is 1. The number of aliphatic carboxylic acids is 1. The van der Waals surface area contributed by atoms with Gasteiger partial charge in [0.1, 0.15) is 11.5 Å². The summed E-state index contributed by atoms with van der Waals surface area (Å²) < 4.78 is 0. The van der Waals surface area contributed by atoms with Gasteiger partial charge in [-0.15, -0.1) is 11.8 Å². The van der Waals surface area contributed by atoms with Crippen LogP contribution in [0.5, 0.6) is 0 Å². The highest BCUT2D eigenvalue weighted by atomic mass is 32.2. The lowest BCUT2D eigenvalue weighted by molar-refractivity contribution is -0.160. The van der Waals surface area contributed by atoms with Gasteiger partial charge in [0.2, 0.25) is 11.8 Å². The van der Waals surface area contributed by atoms with Gasteiger partial charge in [0.25, 0.3) is 0 Å². The Morgan fingerprint density at radius 1 is 1.26 bits per heavy atom. The minimum Gasteiger partial charge on any atom is -0.477 e. The van der Waals surface area contributed by atoms with E-state index in [0.717, 1.165) is 0 Å². The van der Waals surface area contributed by atoms with Crippen LogP contribution in [0.3, 0.4) is 0 Å². The molecule has 0 saturated carbocycles. The third kappa shape index (κ3) is 5.04. The monoisotopic (exact) mass is 494 g/mol. The summed E-state index contributed by atoms with van der Waals surface area (Å²) in [6.07, 6.45) is 1.42. The Hall–Kier alpha value is -1.91. The molecule has 0 unspecified atom stereocenters. The van der Waals surface area contributed by atoms with Gasteiger partial charge in [-0.05, 0) is 24.7 Å². The molecule has 190 valence electrons. The van der Waals surface area contributed by atoms with E-state index in [1.165, 1.54) is 16.7 Å². The summed E-state index contributed by atoms with van der Waals surface area (Å²) in [4.78, 5) is 53.8. The highest BCUT2D eigenvalue weighted by Crippen LogP contribution is 2.53. The van der Waals surface area contributed by atoms with Crippen molar-refractivity contribution in [1.82, 2.24) is 15.1 Å². The fraction of sp³-hybridized carbons (Fsp3) is 0.750. The van der Waals surface area contributed by atoms with Gasteiger partial charge in [-0.1, -0.05) is 27.7 Å². The normalized spacial score (nSPS) is 30.3. The number of ketones is 1. The number of fused-ring (bicyclic) bond motifs is 1. The van der Waals surface area contributed by atoms with Crippen LogP contribution < -0.4 is 11.1 Å². The molecule has 0 aromatic rings. The van der Waals surface area contributed by atoms with Crippen LogP contribution >= 0.6 is 11.8 Å². The summed E-state index contributed by atoms with van der Waals surface area (Å²) in [5.41, 5.74) is 6.11. The molecule has 7 atom stereocenters. The van der Waals surface area contributed by atoms with Gasteiger partial charge in [-0.3, -0.25) is 14.4 Å². The number of nitrogens with two attached hydrogens (primary N) is 1. The largest absolute Gasteiger partial charge is 0.477 e. The average molecular weight is 495 g/mol. The number of Topliss-reactive ketones (excluding diaryl/α,β-unsaturated/α-hetero) is 1. The highest BCUT2D eigenvalue weighted by Gasteiger charge is 2.60. The Morgan fingerprint density at radius 3 is 2.47 bits per heavy atom. The van der Waals surface area contributed by atoms with E-state index in [4.69, 9.17) is 5.73 Å². The zero-order valence-corrected chi connectivity index (χ0v) is 21.7. The first kappa shape index (κ1) is 26.7. The minimum absolute atomic E-state index is 0.00300. The van der Waals surface area contributed by atoms with E-state index in [1.807, 2.05) is 27.7 Å². The summed E-state index contributed by atoms with van der Waals surface area (Å²) in [7, 11) is 3.43. The molecule has 0 aromatic carbocycles. The molecule has 9 nitrogen and oxygen atoms in total. The smallest absolute Gasteiger partial charge is 0.353 e. The average Bonchev–Trinajstić information content (AvgIpc) is 3.29. The molecule has 4 N–H and O–H groups in total. The summed E-state index contributed by atoms with van der Waals surface area (Å²) >= 11 is 1.47. The molecule has 2 fully saturated rings. The Labute approximate surface area is 205 Å². The topological polar surface area (TPSA) is 133 Å². The van der Waals surface area contributed by atoms with Crippen molar-refractivity contribution >= 4 is 35.3 Å². The number of β-lactam (4-membered cyclic amide) rings is 1. The first-order valence-electron chi connectivity index (χ1n) is 12.0. The minimum atomic E-state index is -1.11. The Bertz CT molecular complexity index is 889. The van der Waals surface area contributed by atoms with Crippen molar-refractivity contribution in [1.29, 1.82) is 0 Å². The van der Waals surface area contributed by atoms with E-state index >= 15 is 0 Å². The maximum atomic E-state index is 13.1. The van der Waals surface area contributed by atoms with Gasteiger partial charge < -0.3 is 26.0 Å². The molecular formula is C24H38N4O5S. The molecule has 0 bridgehead atoms. The standard InChI is InChI=1S/C24H38N4O5S/c1-11(2)7-15(25)17(29)8-12(3)18-19-13(4)21(20(24(32)33)28(19)23(18)31)34-14-9-16(26-10-14)22(30)27(5)6/h11-16,18-19,26H,7-10,25H2,1-6H3,(H,32,33)/t12-,13+,14-,15+,16-,18+,19+/m0/s1. The van der Waals surface area contributed by atoms with Gasteiger partial charge in [0.05, 0.1) is 24.0 Å². The second-order valence-corrected chi connectivity index (χ2v) is 11.9. The molecule has 3 aliphatic rings. The molecule has 10 heteroatoms. The number of carboxylic acids is 1. The second-order valence-electron chi connectivity index (χ2n) is 10.6. The predicted octanol–water partition coefficient (Wildman–Crippen LogP) is 1.28. The maximum absolute atomic E-state index is 13.1. The SMILES string of the molecule is CC(C)C[C@@H](N)C(=O)C[C@H](C)[C@H]1C(=O)N2C(C(=O)O)=C(S[C@@H]3CN[C@H](C(=O)N(C)C)C3)[C@H](C)[C@H]12. The second kappa shape index (κ2) is 10.4. The van der Waals surface area contributed by atoms with Gasteiger partial charge in [-0.25, -0.2) is 4.79 Å². The lowest BCUT2D eigenvalue weighted by Crippen LogP contribution is -2.62. The van der Waals surface area contributed by atoms with Crippen molar-refractivity contribution in [3.05, 3.63) is 10.6 Å². The van der Waals surface area contributed by atoms with Crippen molar-refractivity contribution in [2.75, 3.05) is 20.6 Å². The molecule has 3 rings (SSSR count). The summed E-state index contributed by atoms with van der Waals surface area (Å²) in [6.45, 7) is 8.47. The number of likely N-dealkylation sites (N-methyl/N-ethyl adjacent to an activating group) is 1. The zero-order valence-electron chi connectivity index (χ0n) is 20.9. The lowest BCUT2D eigenvalue weighted by Gasteiger charge is -2.47. The first-order chi connectivity index (χ1) is 15.8. The molecule has 0 radical (unpaired) electrons. The van der Waals surface area contributed by atoms with E-state index in [-0.39, 0.29) is 58.9 Å². The van der Waals surface area contributed by atoms with Crippen LogP contribution in [0.1, 0.15) is 47.0 Å². The maximum Gasteiger partial charge on any atom is 0.353 e. The van der Waals surface area contributed by atoms with Crippen LogP contribution in [0, 0.1) is 23.7 Å². The molecule has 2 saturated heterocycles. The van der Waals surface area contributed by atoms with Crippen LogP contribution in [-0.4, -0.2) is 82.5 Å². The number of rotatable bonds is 10. The van der Waals surface area contributed by atoms with E-state index in [0.29, 0.717) is 30.2 Å². The molecule has 34 heavy (non-hydrogen) atoms. The Morgan fingerprint density at radius 2 is 1.91 bits per heavy atom. The summed E-state index contributed by atoms with van der Waals surface area (Å²) in [5, 5.41) is 13.2. The Kier molecular flexibility index (Phi) is 8.14. The number of carbonyl (C=O) groups excluding carboxylic acids is 3. The van der Waals surface area contributed by atoms with Crippen LogP contribution in [0.15, 0.2) is 10.6 Å². The van der Waals surface area contributed by atoms with Gasteiger partial charge in [0.15, 0.2) is 0 Å². The van der Waals surface area contributed by atoms with Crippen molar-refractivity contribution in [2.24, 2.45) is 29.4 Å². The van der Waals surface area contributed by atoms with Crippen LogP contribution in [0.2, 0.25) is 0 Å². The predicted molar refractivity (Wildman–Crippen MR) is 131 cm³/mol. The molecule has 0 aliphatic carbocycles. The first-order valence-corrected chi connectivity index (χ1v) is 12.9. The molecule has 3 heterocycles. The lowest BCUT2D eigenvalue weighted by atomic mass is 9.73. The molecular weight excluding hydrogens is 456 g/mol. The Balaban J connectivity index is 1.71. The van der Waals surface area contributed by atoms with Gasteiger partial charge >= 0.3 is 5.97 Å². The van der Waals surface area contributed by atoms with Crippen LogP contribution in [-0.2, 0) is 19.2 Å². The van der Waals surface area contributed by atoms with E-state index < -0.39 is 17.9 Å². The molecule has 2 amide bonds. The van der Waals surface area contributed by atoms with Crippen LogP contribution in [0.25, 0.3) is 0 Å². The number of carboxylic acid groups (broad SMARTS) is 1. The number of nitrogens with zero attached hydrogens (tertiary/aromatic N) is 2. The number of carbonyl (C=O) groups is 4. The van der Waals surface area contributed by atoms with Gasteiger partial charge in [-0.2, -0.15) is 0 Å². The fourth-order valence-corrected chi connectivity index (χ4v) is 6.95. The molecule has 3 aliphatic heterocycles. The number of nitrogens with one attached hydrogen (secondary N) is 1. The number of hydrogen-bond acceptors (Lipinski definition) is 7. The number of hydrogen-bond donors (Lipinski definition) is 3. The third-order valence-corrected chi connectivity index (χ3v) is 8.70. The van der Waals surface area contributed by atoms with Gasteiger partial charge in [0, 0.05) is 43.1 Å². The fourth-order valence-electron chi connectivity index (χ4n) is 5.47. The summed E-state index contributed by atoms with van der Waals surface area (Å²) in [5.74, 6) is -1.84. The number of amides is 2. The van der Waals surface area contributed by atoms with Crippen molar-refractivity contribution in [2.45, 2.75) is 70.3 Å². The molecule has 0 spiro atoms. The van der Waals surface area contributed by atoms with Crippen molar-refractivity contribution in [3.63, 3.8) is 0 Å². The zero-order chi connectivity index (χ0) is 25.5. The van der Waals surface area contributed by atoms with E-state index in [9.17, 15) is 24.3 Å². The quantitative estimate of drug-likeness (QED) is 0.387. The van der Waals surface area contributed by atoms with E-state index in [1.54, 1.807) is 19.0 Å². The van der Waals surface area contributed by atoms with Crippen molar-refractivity contribution in [3.8, 4) is 0 Å². The van der Waals surface area contributed by atoms with E-state index in [2.05, 4.69) is 5.32 Å². The third-order valence-electron chi connectivity index (χ3n) is 7.19.